The first kappa shape index (κ1) is 31.2. The quantitative estimate of drug-likeness (QED) is 0.140. The van der Waals surface area contributed by atoms with Crippen LogP contribution in [0.15, 0.2) is 96.1 Å². The summed E-state index contributed by atoms with van der Waals surface area (Å²) in [6.07, 6.45) is 1.64. The Morgan fingerprint density at radius 3 is 2.42 bits per heavy atom. The average molecular weight is 768 g/mol. The summed E-state index contributed by atoms with van der Waals surface area (Å²) in [7, 11) is 0. The van der Waals surface area contributed by atoms with E-state index in [2.05, 4.69) is 67.7 Å². The summed E-state index contributed by atoms with van der Waals surface area (Å²) in [6, 6.07) is 23.1. The monoisotopic (exact) mass is 765 g/mol. The van der Waals surface area contributed by atoms with Crippen LogP contribution >= 0.6 is 47.8 Å². The number of aryl methyl sites for hydroxylation is 1. The van der Waals surface area contributed by atoms with Gasteiger partial charge < -0.3 is 9.47 Å². The summed E-state index contributed by atoms with van der Waals surface area (Å²) in [6.45, 7) is 9.13. The number of para-hydroxylation sites is 1. The molecule has 0 N–H and O–H groups in total. The number of hydrogen-bond acceptors (Lipinski definition) is 5. The van der Waals surface area contributed by atoms with Crippen LogP contribution < -0.4 is 15.0 Å². The van der Waals surface area contributed by atoms with Crippen molar-refractivity contribution in [1.82, 2.24) is 9.66 Å². The van der Waals surface area contributed by atoms with Gasteiger partial charge in [-0.3, -0.25) is 4.79 Å². The van der Waals surface area contributed by atoms with Gasteiger partial charge in [-0.25, -0.2) is 4.98 Å². The van der Waals surface area contributed by atoms with E-state index in [1.165, 1.54) is 4.68 Å². The molecule has 0 aliphatic rings. The van der Waals surface area contributed by atoms with Crippen LogP contribution in [-0.4, -0.2) is 22.5 Å². The molecule has 0 fully saturated rings. The fourth-order valence-corrected chi connectivity index (χ4v) is 6.28. The molecule has 0 bridgehead atoms. The molecule has 0 aliphatic heterocycles. The Bertz CT molecular complexity index is 1900. The molecule has 0 aliphatic carbocycles. The topological polar surface area (TPSA) is 65.7 Å². The molecule has 0 atom stereocenters. The van der Waals surface area contributed by atoms with Crippen molar-refractivity contribution < 1.29 is 9.47 Å². The molecule has 1 aromatic heterocycles. The lowest BCUT2D eigenvalue weighted by atomic mass is 9.96. The van der Waals surface area contributed by atoms with Gasteiger partial charge in [0.1, 0.15) is 18.1 Å². The molecule has 0 saturated heterocycles. The van der Waals surface area contributed by atoms with Gasteiger partial charge in [0.2, 0.25) is 0 Å². The molecule has 5 aromatic rings. The largest absolute Gasteiger partial charge is 0.494 e. The maximum Gasteiger partial charge on any atom is 0.282 e. The van der Waals surface area contributed by atoms with Gasteiger partial charge in [-0.2, -0.15) is 9.78 Å². The molecule has 0 spiro atoms. The van der Waals surface area contributed by atoms with E-state index in [0.717, 1.165) is 41.4 Å². The molecule has 0 saturated carbocycles. The standard InChI is InChI=1S/C34H30Br3N3O3/c1-5-42-32-14-21(4)28(17-27(32)20(2)3)33-39-30-9-7-6-8-26(30)34(41)40(33)38-18-23-15-24(35)12-13-31(23)43-19-22-10-11-25(36)16-29(22)37/h6-18,20H,5,19H2,1-4H3. The molecule has 220 valence electrons. The Balaban J connectivity index is 1.63. The SMILES string of the molecule is CCOc1cc(C)c(-c2nc3ccccc3c(=O)n2N=Cc2cc(Br)ccc2OCc2ccc(Br)cc2Br)cc1C(C)C. The molecule has 9 heteroatoms. The Hall–Kier alpha value is -3.27. The summed E-state index contributed by atoms with van der Waals surface area (Å²) in [5.41, 5.74) is 4.86. The van der Waals surface area contributed by atoms with Crippen LogP contribution in [0.5, 0.6) is 11.5 Å². The Labute approximate surface area is 276 Å². The van der Waals surface area contributed by atoms with E-state index in [1.54, 1.807) is 12.3 Å². The maximum absolute atomic E-state index is 13.9. The lowest BCUT2D eigenvalue weighted by Crippen LogP contribution is -2.21. The van der Waals surface area contributed by atoms with Gasteiger partial charge >= 0.3 is 0 Å². The minimum absolute atomic E-state index is 0.206. The number of halogens is 3. The highest BCUT2D eigenvalue weighted by Crippen LogP contribution is 2.34. The van der Waals surface area contributed by atoms with Crippen LogP contribution in [0.25, 0.3) is 22.3 Å². The Morgan fingerprint density at radius 2 is 1.67 bits per heavy atom. The lowest BCUT2D eigenvalue weighted by molar-refractivity contribution is 0.305. The molecule has 6 nitrogen and oxygen atoms in total. The van der Waals surface area contributed by atoms with Crippen molar-refractivity contribution in [2.24, 2.45) is 5.10 Å². The van der Waals surface area contributed by atoms with Gasteiger partial charge in [-0.15, -0.1) is 0 Å². The summed E-state index contributed by atoms with van der Waals surface area (Å²) in [4.78, 5) is 18.9. The fraction of sp³-hybridized carbons (Fsp3) is 0.206. The number of benzene rings is 4. The van der Waals surface area contributed by atoms with Gasteiger partial charge in [-0.1, -0.05) is 79.8 Å². The molecular formula is C34H30Br3N3O3. The van der Waals surface area contributed by atoms with E-state index in [1.807, 2.05) is 74.5 Å². The lowest BCUT2D eigenvalue weighted by Gasteiger charge is -2.18. The van der Waals surface area contributed by atoms with Gasteiger partial charge in [-0.05, 0) is 85.5 Å². The molecule has 0 radical (unpaired) electrons. The Morgan fingerprint density at radius 1 is 0.930 bits per heavy atom. The van der Waals surface area contributed by atoms with Crippen LogP contribution in [0.2, 0.25) is 0 Å². The van der Waals surface area contributed by atoms with Crippen molar-refractivity contribution in [3.05, 3.63) is 119 Å². The summed E-state index contributed by atoms with van der Waals surface area (Å²) < 4.78 is 16.3. The Kier molecular flexibility index (Phi) is 9.84. The van der Waals surface area contributed by atoms with E-state index < -0.39 is 0 Å². The van der Waals surface area contributed by atoms with Crippen molar-refractivity contribution in [1.29, 1.82) is 0 Å². The van der Waals surface area contributed by atoms with Gasteiger partial charge in [0.05, 0.1) is 23.7 Å². The third-order valence-corrected chi connectivity index (χ3v) is 8.68. The molecule has 0 amide bonds. The maximum atomic E-state index is 13.9. The minimum Gasteiger partial charge on any atom is -0.494 e. The van der Waals surface area contributed by atoms with Crippen LogP contribution in [0.4, 0.5) is 0 Å². The van der Waals surface area contributed by atoms with Crippen molar-refractivity contribution in [2.45, 2.75) is 40.2 Å². The van der Waals surface area contributed by atoms with Crippen LogP contribution in [0.1, 0.15) is 48.9 Å². The number of nitrogens with zero attached hydrogens (tertiary/aromatic N) is 3. The zero-order valence-electron chi connectivity index (χ0n) is 24.2. The number of aromatic nitrogens is 2. The van der Waals surface area contributed by atoms with Crippen molar-refractivity contribution in [2.75, 3.05) is 6.61 Å². The van der Waals surface area contributed by atoms with Crippen molar-refractivity contribution in [3.8, 4) is 22.9 Å². The van der Waals surface area contributed by atoms with E-state index in [4.69, 9.17) is 19.6 Å². The van der Waals surface area contributed by atoms with Crippen molar-refractivity contribution in [3.63, 3.8) is 0 Å². The third kappa shape index (κ3) is 6.95. The van der Waals surface area contributed by atoms with Gasteiger partial charge in [0.15, 0.2) is 5.82 Å². The molecule has 4 aromatic carbocycles. The number of fused-ring (bicyclic) bond motifs is 1. The predicted molar refractivity (Wildman–Crippen MR) is 185 cm³/mol. The van der Waals surface area contributed by atoms with Gasteiger partial charge in [0, 0.05) is 30.1 Å². The number of rotatable bonds is 9. The minimum atomic E-state index is -0.257. The van der Waals surface area contributed by atoms with Crippen LogP contribution in [-0.2, 0) is 6.61 Å². The normalized spacial score (nSPS) is 11.5. The highest BCUT2D eigenvalue weighted by Gasteiger charge is 2.19. The second kappa shape index (κ2) is 13.6. The van der Waals surface area contributed by atoms with E-state index in [-0.39, 0.29) is 11.5 Å². The number of ether oxygens (including phenoxy) is 2. The molecular weight excluding hydrogens is 738 g/mol. The zero-order chi connectivity index (χ0) is 30.7. The fourth-order valence-electron chi connectivity index (χ4n) is 4.74. The zero-order valence-corrected chi connectivity index (χ0v) is 29.0. The summed E-state index contributed by atoms with van der Waals surface area (Å²) in [5, 5.41) is 5.22. The summed E-state index contributed by atoms with van der Waals surface area (Å²) in [5.74, 6) is 2.13. The first-order valence-electron chi connectivity index (χ1n) is 13.9. The van der Waals surface area contributed by atoms with E-state index in [9.17, 15) is 4.79 Å². The third-order valence-electron chi connectivity index (χ3n) is 6.96. The molecule has 0 unspecified atom stereocenters. The summed E-state index contributed by atoms with van der Waals surface area (Å²) >= 11 is 10.7. The van der Waals surface area contributed by atoms with E-state index in [0.29, 0.717) is 41.3 Å². The predicted octanol–water partition coefficient (Wildman–Crippen LogP) is 9.64. The molecule has 43 heavy (non-hydrogen) atoms. The second-order valence-electron chi connectivity index (χ2n) is 10.3. The second-order valence-corrected chi connectivity index (χ2v) is 13.0. The van der Waals surface area contributed by atoms with Crippen molar-refractivity contribution >= 4 is 64.9 Å². The average Bonchev–Trinajstić information content (AvgIpc) is 2.97. The molecule has 5 rings (SSSR count). The van der Waals surface area contributed by atoms with Crippen LogP contribution in [0.3, 0.4) is 0 Å². The van der Waals surface area contributed by atoms with Crippen LogP contribution in [0, 0.1) is 6.92 Å². The first-order chi connectivity index (χ1) is 20.7. The van der Waals surface area contributed by atoms with E-state index >= 15 is 0 Å². The number of hydrogen-bond donors (Lipinski definition) is 0. The smallest absolute Gasteiger partial charge is 0.282 e. The highest BCUT2D eigenvalue weighted by atomic mass is 79.9. The van der Waals surface area contributed by atoms with Gasteiger partial charge in [0.25, 0.3) is 5.56 Å². The molecule has 1 heterocycles. The highest BCUT2D eigenvalue weighted by molar-refractivity contribution is 9.11. The first-order valence-corrected chi connectivity index (χ1v) is 16.2.